The third-order valence-corrected chi connectivity index (χ3v) is 4.24. The van der Waals surface area contributed by atoms with Gasteiger partial charge in [-0.3, -0.25) is 4.98 Å². The fourth-order valence-corrected chi connectivity index (χ4v) is 3.05. The van der Waals surface area contributed by atoms with E-state index in [9.17, 15) is 4.79 Å². The number of benzene rings is 1. The minimum atomic E-state index is -0.225. The summed E-state index contributed by atoms with van der Waals surface area (Å²) in [6, 6.07) is 15.4. The molecule has 116 valence electrons. The molecule has 5 heteroatoms. The number of hydrogen-bond donors (Lipinski definition) is 2. The quantitative estimate of drug-likeness (QED) is 0.746. The Morgan fingerprint density at radius 2 is 2.09 bits per heavy atom. The molecule has 2 amide bonds. The lowest BCUT2D eigenvalue weighted by atomic mass is 10.1. The summed E-state index contributed by atoms with van der Waals surface area (Å²) < 4.78 is 0. The summed E-state index contributed by atoms with van der Waals surface area (Å²) in [4.78, 5) is 17.6. The molecule has 3 aromatic rings. The zero-order valence-electron chi connectivity index (χ0n) is 12.7. The van der Waals surface area contributed by atoms with E-state index in [0.717, 1.165) is 27.4 Å². The van der Waals surface area contributed by atoms with Gasteiger partial charge in [0.25, 0.3) is 0 Å². The predicted molar refractivity (Wildman–Crippen MR) is 94.6 cm³/mol. The molecule has 0 saturated carbocycles. The Morgan fingerprint density at radius 3 is 2.87 bits per heavy atom. The van der Waals surface area contributed by atoms with Gasteiger partial charge in [0, 0.05) is 18.4 Å². The van der Waals surface area contributed by atoms with E-state index in [-0.39, 0.29) is 6.03 Å². The van der Waals surface area contributed by atoms with Crippen molar-refractivity contribution in [2.24, 2.45) is 0 Å². The van der Waals surface area contributed by atoms with E-state index < -0.39 is 0 Å². The maximum atomic E-state index is 12.1. The van der Waals surface area contributed by atoms with Gasteiger partial charge in [0.1, 0.15) is 0 Å². The van der Waals surface area contributed by atoms with Gasteiger partial charge in [0.15, 0.2) is 0 Å². The van der Waals surface area contributed by atoms with E-state index in [4.69, 9.17) is 0 Å². The van der Waals surface area contributed by atoms with Crippen molar-refractivity contribution in [3.05, 3.63) is 71.2 Å². The van der Waals surface area contributed by atoms with E-state index in [0.29, 0.717) is 6.54 Å². The normalized spacial score (nSPS) is 10.3. The third kappa shape index (κ3) is 3.96. The number of urea groups is 1. The molecule has 0 aliphatic heterocycles. The summed E-state index contributed by atoms with van der Waals surface area (Å²) in [6.45, 7) is 2.42. The Labute approximate surface area is 139 Å². The van der Waals surface area contributed by atoms with Gasteiger partial charge in [-0.15, -0.1) is 11.3 Å². The molecule has 4 nitrogen and oxygen atoms in total. The number of amides is 2. The first kappa shape index (κ1) is 15.2. The topological polar surface area (TPSA) is 54.0 Å². The van der Waals surface area contributed by atoms with Gasteiger partial charge in [0.2, 0.25) is 0 Å². The minimum absolute atomic E-state index is 0.225. The maximum absolute atomic E-state index is 12.1. The van der Waals surface area contributed by atoms with Gasteiger partial charge >= 0.3 is 6.03 Å². The fourth-order valence-electron chi connectivity index (χ4n) is 2.29. The fraction of sp³-hybridized carbons (Fsp3) is 0.111. The molecule has 3 rings (SSSR count). The molecule has 0 radical (unpaired) electrons. The van der Waals surface area contributed by atoms with Gasteiger partial charge < -0.3 is 10.6 Å². The Kier molecular flexibility index (Phi) is 4.68. The second kappa shape index (κ2) is 7.07. The molecule has 0 saturated heterocycles. The zero-order chi connectivity index (χ0) is 16.1. The van der Waals surface area contributed by atoms with Crippen LogP contribution in [0.15, 0.2) is 60.1 Å². The maximum Gasteiger partial charge on any atom is 0.319 e. The summed E-state index contributed by atoms with van der Waals surface area (Å²) in [5.41, 5.74) is 3.80. The number of carbonyl (C=O) groups is 1. The molecule has 0 atom stereocenters. The van der Waals surface area contributed by atoms with Crippen LogP contribution in [0.3, 0.4) is 0 Å². The number of aryl methyl sites for hydroxylation is 1. The van der Waals surface area contributed by atoms with E-state index in [1.165, 1.54) is 0 Å². The van der Waals surface area contributed by atoms with Gasteiger partial charge in [-0.1, -0.05) is 24.3 Å². The number of thiophene rings is 1. The summed E-state index contributed by atoms with van der Waals surface area (Å²) >= 11 is 1.64. The molecule has 0 aliphatic rings. The van der Waals surface area contributed by atoms with Crippen molar-refractivity contribution < 1.29 is 4.79 Å². The third-order valence-electron chi connectivity index (χ3n) is 3.36. The summed E-state index contributed by atoms with van der Waals surface area (Å²) in [5, 5.41) is 7.74. The van der Waals surface area contributed by atoms with Crippen molar-refractivity contribution in [2.75, 3.05) is 5.32 Å². The van der Waals surface area contributed by atoms with Gasteiger partial charge in [-0.25, -0.2) is 4.79 Å². The van der Waals surface area contributed by atoms with Crippen LogP contribution in [0.5, 0.6) is 0 Å². The van der Waals surface area contributed by atoms with E-state index >= 15 is 0 Å². The lowest BCUT2D eigenvalue weighted by Gasteiger charge is -2.10. The molecular formula is C18H17N3OS. The number of nitrogens with zero attached hydrogens (tertiary/aromatic N) is 1. The van der Waals surface area contributed by atoms with Gasteiger partial charge in [-0.05, 0) is 47.7 Å². The predicted octanol–water partition coefficient (Wildman–Crippen LogP) is 4.44. The SMILES string of the molecule is Cc1cccc(NC(=O)NCc2cccnc2-c2cccs2)c1. The van der Waals surface area contributed by atoms with E-state index in [1.54, 1.807) is 17.5 Å². The minimum Gasteiger partial charge on any atom is -0.334 e. The van der Waals surface area contributed by atoms with Crippen molar-refractivity contribution >= 4 is 23.1 Å². The summed E-state index contributed by atoms with van der Waals surface area (Å²) in [5.74, 6) is 0. The molecule has 2 aromatic heterocycles. The molecule has 0 bridgehead atoms. The number of anilines is 1. The number of hydrogen-bond acceptors (Lipinski definition) is 3. The Hall–Kier alpha value is -2.66. The van der Waals surface area contributed by atoms with Crippen molar-refractivity contribution in [2.45, 2.75) is 13.5 Å². The van der Waals surface area contributed by atoms with E-state index in [2.05, 4.69) is 15.6 Å². The number of pyridine rings is 1. The average Bonchev–Trinajstić information content (AvgIpc) is 3.07. The number of rotatable bonds is 4. The first-order valence-corrected chi connectivity index (χ1v) is 8.19. The summed E-state index contributed by atoms with van der Waals surface area (Å²) in [7, 11) is 0. The van der Waals surface area contributed by atoms with Crippen LogP contribution in [0.1, 0.15) is 11.1 Å². The molecule has 0 fully saturated rings. The highest BCUT2D eigenvalue weighted by atomic mass is 32.1. The Bertz CT molecular complexity index is 800. The smallest absolute Gasteiger partial charge is 0.319 e. The van der Waals surface area contributed by atoms with Crippen LogP contribution in [0.4, 0.5) is 10.5 Å². The Balaban J connectivity index is 1.66. The van der Waals surface area contributed by atoms with Crippen molar-refractivity contribution in [1.82, 2.24) is 10.3 Å². The van der Waals surface area contributed by atoms with Crippen LogP contribution in [0.2, 0.25) is 0 Å². The van der Waals surface area contributed by atoms with Crippen molar-refractivity contribution in [3.8, 4) is 10.6 Å². The van der Waals surface area contributed by atoms with Gasteiger partial charge in [0.05, 0.1) is 10.6 Å². The van der Waals surface area contributed by atoms with E-state index in [1.807, 2.05) is 60.8 Å². The largest absolute Gasteiger partial charge is 0.334 e. The van der Waals surface area contributed by atoms with Crippen LogP contribution in [-0.4, -0.2) is 11.0 Å². The number of aromatic nitrogens is 1. The highest BCUT2D eigenvalue weighted by Crippen LogP contribution is 2.25. The van der Waals surface area contributed by atoms with Crippen LogP contribution in [0.25, 0.3) is 10.6 Å². The monoisotopic (exact) mass is 323 g/mol. The first-order valence-electron chi connectivity index (χ1n) is 7.31. The molecular weight excluding hydrogens is 306 g/mol. The molecule has 2 N–H and O–H groups in total. The molecule has 2 heterocycles. The molecule has 0 aliphatic carbocycles. The molecule has 23 heavy (non-hydrogen) atoms. The lowest BCUT2D eigenvalue weighted by molar-refractivity contribution is 0.252. The molecule has 0 spiro atoms. The standard InChI is InChI=1S/C18H17N3OS/c1-13-5-2-7-15(11-13)21-18(22)20-12-14-6-3-9-19-17(14)16-8-4-10-23-16/h2-11H,12H2,1H3,(H2,20,21,22). The average molecular weight is 323 g/mol. The van der Waals surface area contributed by atoms with Crippen molar-refractivity contribution in [3.63, 3.8) is 0 Å². The highest BCUT2D eigenvalue weighted by Gasteiger charge is 2.08. The van der Waals surface area contributed by atoms with Crippen LogP contribution in [0, 0.1) is 6.92 Å². The second-order valence-corrected chi connectivity index (χ2v) is 6.11. The lowest BCUT2D eigenvalue weighted by Crippen LogP contribution is -2.28. The van der Waals surface area contributed by atoms with Crippen molar-refractivity contribution in [1.29, 1.82) is 0 Å². The number of carbonyl (C=O) groups excluding carboxylic acids is 1. The first-order chi connectivity index (χ1) is 11.2. The van der Waals surface area contributed by atoms with Crippen LogP contribution in [-0.2, 0) is 6.54 Å². The Morgan fingerprint density at radius 1 is 1.17 bits per heavy atom. The second-order valence-electron chi connectivity index (χ2n) is 5.17. The molecule has 1 aromatic carbocycles. The van der Waals surface area contributed by atoms with Crippen LogP contribution >= 0.6 is 11.3 Å². The highest BCUT2D eigenvalue weighted by molar-refractivity contribution is 7.13. The van der Waals surface area contributed by atoms with Gasteiger partial charge in [-0.2, -0.15) is 0 Å². The number of nitrogens with one attached hydrogen (secondary N) is 2. The molecule has 0 unspecified atom stereocenters. The zero-order valence-corrected chi connectivity index (χ0v) is 13.6. The summed E-state index contributed by atoms with van der Waals surface area (Å²) in [6.07, 6.45) is 1.77. The van der Waals surface area contributed by atoms with Crippen LogP contribution < -0.4 is 10.6 Å².